The molecule has 1 heterocycles. The summed E-state index contributed by atoms with van der Waals surface area (Å²) in [7, 11) is 0. The molecule has 0 spiro atoms. The molecule has 0 unspecified atom stereocenters. The van der Waals surface area contributed by atoms with Crippen LogP contribution in [0.1, 0.15) is 30.2 Å². The molecule has 0 saturated carbocycles. The fraction of sp³-hybridized carbons (Fsp3) is 0.231. The maximum absolute atomic E-state index is 12.0. The number of amides is 1. The molecule has 2 aromatic rings. The first-order valence-electron chi connectivity index (χ1n) is 5.68. The van der Waals surface area contributed by atoms with E-state index < -0.39 is 0 Å². The maximum atomic E-state index is 12.0. The van der Waals surface area contributed by atoms with Gasteiger partial charge in [-0.2, -0.15) is 5.10 Å². The molecule has 0 radical (unpaired) electrons. The van der Waals surface area contributed by atoms with Gasteiger partial charge in [0, 0.05) is 21.2 Å². The Labute approximate surface area is 120 Å². The molecule has 0 aliphatic rings. The summed E-state index contributed by atoms with van der Waals surface area (Å²) < 4.78 is 2.89. The highest BCUT2D eigenvalue weighted by Crippen LogP contribution is 2.15. The van der Waals surface area contributed by atoms with Gasteiger partial charge in [-0.05, 0) is 60.7 Å². The molecule has 4 nitrogen and oxygen atoms in total. The van der Waals surface area contributed by atoms with Gasteiger partial charge in [0.15, 0.2) is 0 Å². The fourth-order valence-electron chi connectivity index (χ4n) is 1.61. The van der Waals surface area contributed by atoms with Crippen LogP contribution in [0.4, 0.5) is 5.82 Å². The molecule has 1 amide bonds. The van der Waals surface area contributed by atoms with Crippen LogP contribution in [-0.2, 0) is 0 Å². The Morgan fingerprint density at radius 2 is 1.94 bits per heavy atom. The first-order valence-corrected chi connectivity index (χ1v) is 6.76. The van der Waals surface area contributed by atoms with Gasteiger partial charge in [0.1, 0.15) is 5.82 Å². The molecule has 18 heavy (non-hydrogen) atoms. The first kappa shape index (κ1) is 13.1. The number of nitrogens with one attached hydrogen (secondary N) is 1. The van der Waals surface area contributed by atoms with Gasteiger partial charge in [0.25, 0.3) is 5.91 Å². The summed E-state index contributed by atoms with van der Waals surface area (Å²) in [6.07, 6.45) is 1.68. The van der Waals surface area contributed by atoms with Gasteiger partial charge < -0.3 is 5.32 Å². The largest absolute Gasteiger partial charge is 0.307 e. The minimum Gasteiger partial charge on any atom is -0.307 e. The van der Waals surface area contributed by atoms with E-state index in [2.05, 4.69) is 33.0 Å². The van der Waals surface area contributed by atoms with E-state index in [1.54, 1.807) is 16.9 Å². The van der Waals surface area contributed by atoms with Crippen LogP contribution >= 0.6 is 22.6 Å². The smallest absolute Gasteiger partial charge is 0.256 e. The molecule has 1 N–H and O–H groups in total. The van der Waals surface area contributed by atoms with Gasteiger partial charge in [-0.1, -0.05) is 0 Å². The van der Waals surface area contributed by atoms with Crippen LogP contribution in [0.15, 0.2) is 36.5 Å². The molecule has 0 saturated heterocycles. The highest BCUT2D eigenvalue weighted by Gasteiger charge is 2.10. The van der Waals surface area contributed by atoms with E-state index in [1.807, 2.05) is 38.1 Å². The number of nitrogens with zero attached hydrogens (tertiary/aromatic N) is 2. The lowest BCUT2D eigenvalue weighted by Gasteiger charge is -2.11. The zero-order valence-electron chi connectivity index (χ0n) is 10.2. The molecule has 0 aliphatic heterocycles. The number of carbonyl (C=O) groups excluding carboxylic acids is 1. The van der Waals surface area contributed by atoms with Crippen molar-refractivity contribution in [3.63, 3.8) is 0 Å². The van der Waals surface area contributed by atoms with E-state index >= 15 is 0 Å². The molecule has 2 rings (SSSR count). The number of anilines is 1. The minimum absolute atomic E-state index is 0.117. The predicted molar refractivity (Wildman–Crippen MR) is 79.7 cm³/mol. The zero-order valence-corrected chi connectivity index (χ0v) is 12.4. The van der Waals surface area contributed by atoms with Crippen molar-refractivity contribution in [1.82, 2.24) is 9.78 Å². The Morgan fingerprint density at radius 3 is 2.56 bits per heavy atom. The van der Waals surface area contributed by atoms with E-state index in [0.29, 0.717) is 11.4 Å². The van der Waals surface area contributed by atoms with Crippen molar-refractivity contribution in [2.75, 3.05) is 5.32 Å². The van der Waals surface area contributed by atoms with Gasteiger partial charge in [-0.15, -0.1) is 0 Å². The predicted octanol–water partition coefficient (Wildman–Crippen LogP) is 3.32. The topological polar surface area (TPSA) is 46.9 Å². The Hall–Kier alpha value is -1.37. The molecule has 0 bridgehead atoms. The monoisotopic (exact) mass is 355 g/mol. The van der Waals surface area contributed by atoms with E-state index in [-0.39, 0.29) is 11.9 Å². The summed E-state index contributed by atoms with van der Waals surface area (Å²) in [4.78, 5) is 12.0. The Bertz CT molecular complexity index is 546. The number of aromatic nitrogens is 2. The third kappa shape index (κ3) is 2.90. The summed E-state index contributed by atoms with van der Waals surface area (Å²) in [5.74, 6) is 0.599. The van der Waals surface area contributed by atoms with Crippen molar-refractivity contribution >= 4 is 34.3 Å². The van der Waals surface area contributed by atoms with Crippen molar-refractivity contribution in [3.05, 3.63) is 45.7 Å². The van der Waals surface area contributed by atoms with Gasteiger partial charge >= 0.3 is 0 Å². The van der Waals surface area contributed by atoms with Crippen LogP contribution in [0.25, 0.3) is 0 Å². The third-order valence-corrected chi connectivity index (χ3v) is 3.23. The second-order valence-corrected chi connectivity index (χ2v) is 5.46. The van der Waals surface area contributed by atoms with Crippen LogP contribution in [0.2, 0.25) is 0 Å². The van der Waals surface area contributed by atoms with E-state index in [1.165, 1.54) is 0 Å². The first-order chi connectivity index (χ1) is 8.58. The number of benzene rings is 1. The van der Waals surface area contributed by atoms with Crippen molar-refractivity contribution in [1.29, 1.82) is 0 Å². The quantitative estimate of drug-likeness (QED) is 0.859. The molecule has 5 heteroatoms. The zero-order chi connectivity index (χ0) is 13.1. The average Bonchev–Trinajstić information content (AvgIpc) is 2.78. The number of hydrogen-bond donors (Lipinski definition) is 1. The van der Waals surface area contributed by atoms with Gasteiger partial charge in [-0.25, -0.2) is 4.68 Å². The third-order valence-electron chi connectivity index (χ3n) is 2.51. The Balaban J connectivity index is 2.16. The Morgan fingerprint density at radius 1 is 1.28 bits per heavy atom. The highest BCUT2D eigenvalue weighted by atomic mass is 127. The van der Waals surface area contributed by atoms with Crippen molar-refractivity contribution < 1.29 is 4.79 Å². The molecule has 0 fully saturated rings. The molecule has 0 atom stereocenters. The number of carbonyl (C=O) groups is 1. The normalized spacial score (nSPS) is 10.7. The number of halogens is 1. The summed E-state index contributed by atoms with van der Waals surface area (Å²) in [6.45, 7) is 4.04. The maximum Gasteiger partial charge on any atom is 0.256 e. The lowest BCUT2D eigenvalue weighted by atomic mass is 10.2. The summed E-state index contributed by atoms with van der Waals surface area (Å²) in [5, 5.41) is 7.04. The summed E-state index contributed by atoms with van der Waals surface area (Å²) in [5.41, 5.74) is 0.645. The van der Waals surface area contributed by atoms with Crippen molar-refractivity contribution in [2.45, 2.75) is 19.9 Å². The highest BCUT2D eigenvalue weighted by molar-refractivity contribution is 14.1. The van der Waals surface area contributed by atoms with Gasteiger partial charge in [0.05, 0.1) is 6.20 Å². The van der Waals surface area contributed by atoms with Crippen LogP contribution in [-0.4, -0.2) is 15.7 Å². The summed E-state index contributed by atoms with van der Waals surface area (Å²) >= 11 is 2.21. The number of hydrogen-bond acceptors (Lipinski definition) is 2. The van der Waals surface area contributed by atoms with E-state index in [0.717, 1.165) is 3.57 Å². The minimum atomic E-state index is -0.117. The molecular formula is C13H14IN3O. The lowest BCUT2D eigenvalue weighted by molar-refractivity contribution is 0.102. The SMILES string of the molecule is CC(C)n1nccc1NC(=O)c1ccc(I)cc1. The second kappa shape index (κ2) is 5.51. The standard InChI is InChI=1S/C13H14IN3O/c1-9(2)17-12(7-8-15-17)16-13(18)10-3-5-11(14)6-4-10/h3-9H,1-2H3,(H,16,18). The molecule has 1 aromatic heterocycles. The molecule has 1 aromatic carbocycles. The van der Waals surface area contributed by atoms with Crippen molar-refractivity contribution in [2.24, 2.45) is 0 Å². The van der Waals surface area contributed by atoms with Gasteiger partial charge in [-0.3, -0.25) is 4.79 Å². The molecular weight excluding hydrogens is 341 g/mol. The van der Waals surface area contributed by atoms with E-state index in [9.17, 15) is 4.79 Å². The summed E-state index contributed by atoms with van der Waals surface area (Å²) in [6, 6.07) is 9.46. The van der Waals surface area contributed by atoms with Gasteiger partial charge in [0.2, 0.25) is 0 Å². The van der Waals surface area contributed by atoms with Crippen LogP contribution in [0.5, 0.6) is 0 Å². The van der Waals surface area contributed by atoms with E-state index in [4.69, 9.17) is 0 Å². The molecule has 0 aliphatic carbocycles. The second-order valence-electron chi connectivity index (χ2n) is 4.22. The van der Waals surface area contributed by atoms with Crippen LogP contribution in [0, 0.1) is 3.57 Å². The molecule has 94 valence electrons. The Kier molecular flexibility index (Phi) is 4.00. The van der Waals surface area contributed by atoms with Crippen LogP contribution < -0.4 is 5.32 Å². The van der Waals surface area contributed by atoms with Crippen molar-refractivity contribution in [3.8, 4) is 0 Å². The fourth-order valence-corrected chi connectivity index (χ4v) is 1.97. The lowest BCUT2D eigenvalue weighted by Crippen LogP contribution is -2.16. The number of rotatable bonds is 3. The van der Waals surface area contributed by atoms with Crippen LogP contribution in [0.3, 0.4) is 0 Å². The average molecular weight is 355 g/mol.